The van der Waals surface area contributed by atoms with Gasteiger partial charge in [-0.15, -0.1) is 0 Å². The summed E-state index contributed by atoms with van der Waals surface area (Å²) in [6, 6.07) is 8.54. The SMILES string of the molecule is N#Cc1ccc(NCc2occc2C(=O)O)c(Br)c1. The van der Waals surface area contributed by atoms with Gasteiger partial charge >= 0.3 is 5.97 Å². The number of hydrogen-bond acceptors (Lipinski definition) is 4. The van der Waals surface area contributed by atoms with E-state index in [-0.39, 0.29) is 12.1 Å². The zero-order valence-electron chi connectivity index (χ0n) is 9.68. The molecule has 96 valence electrons. The number of nitriles is 1. The Morgan fingerprint density at radius 3 is 2.89 bits per heavy atom. The molecule has 0 saturated heterocycles. The van der Waals surface area contributed by atoms with Crippen molar-refractivity contribution in [1.82, 2.24) is 0 Å². The Morgan fingerprint density at radius 2 is 2.26 bits per heavy atom. The van der Waals surface area contributed by atoms with Gasteiger partial charge in [0.25, 0.3) is 0 Å². The van der Waals surface area contributed by atoms with Crippen molar-refractivity contribution in [1.29, 1.82) is 5.26 Å². The van der Waals surface area contributed by atoms with E-state index in [2.05, 4.69) is 21.2 Å². The molecule has 1 heterocycles. The standard InChI is InChI=1S/C13H9BrN2O3/c14-10-5-8(6-15)1-2-11(10)16-7-12-9(13(17)18)3-4-19-12/h1-5,16H,7H2,(H,17,18). The summed E-state index contributed by atoms with van der Waals surface area (Å²) in [6.07, 6.45) is 1.34. The van der Waals surface area contributed by atoms with Crippen LogP contribution in [0.5, 0.6) is 0 Å². The number of nitrogens with one attached hydrogen (secondary N) is 1. The highest BCUT2D eigenvalue weighted by Gasteiger charge is 2.13. The fourth-order valence-electron chi connectivity index (χ4n) is 1.57. The van der Waals surface area contributed by atoms with Crippen molar-refractivity contribution in [3.63, 3.8) is 0 Å². The first-order valence-electron chi connectivity index (χ1n) is 5.35. The molecule has 0 spiro atoms. The normalized spacial score (nSPS) is 9.89. The van der Waals surface area contributed by atoms with E-state index < -0.39 is 5.97 Å². The smallest absolute Gasteiger partial charge is 0.339 e. The van der Waals surface area contributed by atoms with Gasteiger partial charge in [-0.2, -0.15) is 5.26 Å². The summed E-state index contributed by atoms with van der Waals surface area (Å²) in [5, 5.41) is 20.7. The number of carbonyl (C=O) groups is 1. The van der Waals surface area contributed by atoms with Crippen LogP contribution in [0.4, 0.5) is 5.69 Å². The lowest BCUT2D eigenvalue weighted by atomic mass is 10.2. The van der Waals surface area contributed by atoms with Gasteiger partial charge in [0.2, 0.25) is 0 Å². The van der Waals surface area contributed by atoms with Crippen molar-refractivity contribution in [2.75, 3.05) is 5.32 Å². The molecule has 0 saturated carbocycles. The molecule has 1 aromatic heterocycles. The molecule has 0 amide bonds. The van der Waals surface area contributed by atoms with Crippen LogP contribution in [-0.4, -0.2) is 11.1 Å². The van der Waals surface area contributed by atoms with Crippen LogP contribution in [0.25, 0.3) is 0 Å². The van der Waals surface area contributed by atoms with E-state index in [4.69, 9.17) is 14.8 Å². The number of hydrogen-bond donors (Lipinski definition) is 2. The minimum atomic E-state index is -1.02. The summed E-state index contributed by atoms with van der Waals surface area (Å²) in [7, 11) is 0. The molecule has 0 atom stereocenters. The summed E-state index contributed by atoms with van der Waals surface area (Å²) in [5.74, 6) is -0.673. The number of anilines is 1. The van der Waals surface area contributed by atoms with E-state index in [0.29, 0.717) is 11.3 Å². The summed E-state index contributed by atoms with van der Waals surface area (Å²) < 4.78 is 5.85. The van der Waals surface area contributed by atoms with Crippen molar-refractivity contribution in [2.24, 2.45) is 0 Å². The molecule has 5 nitrogen and oxygen atoms in total. The molecule has 0 aliphatic rings. The van der Waals surface area contributed by atoms with Gasteiger partial charge in [0.1, 0.15) is 11.3 Å². The molecule has 2 rings (SSSR count). The summed E-state index contributed by atoms with van der Waals surface area (Å²) in [5.41, 5.74) is 1.44. The Kier molecular flexibility index (Phi) is 3.88. The van der Waals surface area contributed by atoms with Crippen LogP contribution in [-0.2, 0) is 6.54 Å². The lowest BCUT2D eigenvalue weighted by molar-refractivity contribution is 0.0694. The van der Waals surface area contributed by atoms with Gasteiger partial charge in [0.15, 0.2) is 0 Å². The van der Waals surface area contributed by atoms with Gasteiger partial charge in [-0.3, -0.25) is 0 Å². The third kappa shape index (κ3) is 2.95. The van der Waals surface area contributed by atoms with Gasteiger partial charge in [0.05, 0.1) is 24.4 Å². The lowest BCUT2D eigenvalue weighted by Gasteiger charge is -2.07. The van der Waals surface area contributed by atoms with Crippen LogP contribution in [0, 0.1) is 11.3 Å². The fraction of sp³-hybridized carbons (Fsp3) is 0.0769. The molecular formula is C13H9BrN2O3. The number of halogens is 1. The Balaban J connectivity index is 2.13. The second kappa shape index (κ2) is 5.59. The van der Waals surface area contributed by atoms with E-state index in [9.17, 15) is 4.79 Å². The number of rotatable bonds is 4. The van der Waals surface area contributed by atoms with Crippen molar-refractivity contribution < 1.29 is 14.3 Å². The predicted octanol–water partition coefficient (Wildman–Crippen LogP) is 3.22. The minimum Gasteiger partial charge on any atom is -0.478 e. The van der Waals surface area contributed by atoms with Gasteiger partial charge in [-0.25, -0.2) is 4.79 Å². The first-order valence-corrected chi connectivity index (χ1v) is 6.14. The lowest BCUT2D eigenvalue weighted by Crippen LogP contribution is -2.05. The second-order valence-electron chi connectivity index (χ2n) is 3.72. The second-order valence-corrected chi connectivity index (χ2v) is 4.58. The molecule has 0 aliphatic heterocycles. The Morgan fingerprint density at radius 1 is 1.47 bits per heavy atom. The third-order valence-corrected chi connectivity index (χ3v) is 3.17. The quantitative estimate of drug-likeness (QED) is 0.903. The highest BCUT2D eigenvalue weighted by Crippen LogP contribution is 2.24. The van der Waals surface area contributed by atoms with E-state index in [1.807, 2.05) is 6.07 Å². The fourth-order valence-corrected chi connectivity index (χ4v) is 2.09. The predicted molar refractivity (Wildman–Crippen MR) is 71.9 cm³/mol. The maximum atomic E-state index is 10.9. The van der Waals surface area contributed by atoms with Gasteiger partial charge in [0, 0.05) is 10.2 Å². The summed E-state index contributed by atoms with van der Waals surface area (Å²) in [4.78, 5) is 10.9. The van der Waals surface area contributed by atoms with Gasteiger partial charge in [-0.05, 0) is 40.2 Å². The van der Waals surface area contributed by atoms with Crippen LogP contribution in [0.1, 0.15) is 21.7 Å². The van der Waals surface area contributed by atoms with Crippen LogP contribution in [0.15, 0.2) is 39.4 Å². The number of carboxylic acids is 1. The average molecular weight is 321 g/mol. The van der Waals surface area contributed by atoms with Crippen molar-refractivity contribution >= 4 is 27.6 Å². The molecule has 0 aliphatic carbocycles. The highest BCUT2D eigenvalue weighted by molar-refractivity contribution is 9.10. The molecule has 2 aromatic rings. The van der Waals surface area contributed by atoms with Crippen LogP contribution >= 0.6 is 15.9 Å². The van der Waals surface area contributed by atoms with Crippen LogP contribution in [0.2, 0.25) is 0 Å². The number of carboxylic acid groups (broad SMARTS) is 1. The first kappa shape index (κ1) is 13.2. The summed E-state index contributed by atoms with van der Waals surface area (Å²) >= 11 is 3.34. The molecule has 2 N–H and O–H groups in total. The van der Waals surface area contributed by atoms with E-state index in [1.165, 1.54) is 12.3 Å². The topological polar surface area (TPSA) is 86.3 Å². The number of furan rings is 1. The number of benzene rings is 1. The highest BCUT2D eigenvalue weighted by atomic mass is 79.9. The van der Waals surface area contributed by atoms with Gasteiger partial charge < -0.3 is 14.8 Å². The molecular weight excluding hydrogens is 312 g/mol. The van der Waals surface area contributed by atoms with E-state index in [0.717, 1.165) is 10.2 Å². The van der Waals surface area contributed by atoms with Crippen molar-refractivity contribution in [3.8, 4) is 6.07 Å². The molecule has 6 heteroatoms. The molecule has 19 heavy (non-hydrogen) atoms. The summed E-state index contributed by atoms with van der Waals surface area (Å²) in [6.45, 7) is 0.249. The molecule has 0 fully saturated rings. The first-order chi connectivity index (χ1) is 9.11. The maximum absolute atomic E-state index is 10.9. The molecule has 0 bridgehead atoms. The zero-order valence-corrected chi connectivity index (χ0v) is 11.3. The monoisotopic (exact) mass is 320 g/mol. The third-order valence-electron chi connectivity index (χ3n) is 2.51. The Hall–Kier alpha value is -2.26. The largest absolute Gasteiger partial charge is 0.478 e. The Labute approximate surface area is 117 Å². The maximum Gasteiger partial charge on any atom is 0.339 e. The zero-order chi connectivity index (χ0) is 13.8. The van der Waals surface area contributed by atoms with Gasteiger partial charge in [-0.1, -0.05) is 0 Å². The van der Waals surface area contributed by atoms with E-state index in [1.54, 1.807) is 18.2 Å². The Bertz CT molecular complexity index is 658. The van der Waals surface area contributed by atoms with E-state index >= 15 is 0 Å². The van der Waals surface area contributed by atoms with Crippen LogP contribution < -0.4 is 5.32 Å². The molecule has 0 unspecified atom stereocenters. The molecule has 0 radical (unpaired) electrons. The number of aromatic carboxylic acids is 1. The molecule has 1 aromatic carbocycles. The van der Waals surface area contributed by atoms with Crippen molar-refractivity contribution in [2.45, 2.75) is 6.54 Å². The minimum absolute atomic E-state index is 0.136. The van der Waals surface area contributed by atoms with Crippen molar-refractivity contribution in [3.05, 3.63) is 51.9 Å². The average Bonchev–Trinajstić information content (AvgIpc) is 2.85. The van der Waals surface area contributed by atoms with Crippen LogP contribution in [0.3, 0.4) is 0 Å². The number of nitrogens with zero attached hydrogens (tertiary/aromatic N) is 1.